The quantitative estimate of drug-likeness (QED) is 0.703. The Bertz CT molecular complexity index is 996. The summed E-state index contributed by atoms with van der Waals surface area (Å²) >= 11 is 0. The van der Waals surface area contributed by atoms with Gasteiger partial charge in [0.05, 0.1) is 12.1 Å². The molecule has 0 fully saturated rings. The van der Waals surface area contributed by atoms with Crippen LogP contribution < -0.4 is 5.32 Å². The van der Waals surface area contributed by atoms with Gasteiger partial charge in [-0.1, -0.05) is 78.9 Å². The van der Waals surface area contributed by atoms with Crippen LogP contribution in [-0.2, 0) is 16.1 Å². The van der Waals surface area contributed by atoms with Crippen molar-refractivity contribution in [1.82, 2.24) is 4.90 Å². The summed E-state index contributed by atoms with van der Waals surface area (Å²) < 4.78 is 0. The van der Waals surface area contributed by atoms with Gasteiger partial charge >= 0.3 is 0 Å². The average Bonchev–Trinajstić information content (AvgIpc) is 2.94. The zero-order chi connectivity index (χ0) is 18.6. The molecule has 1 aliphatic rings. The van der Waals surface area contributed by atoms with Crippen molar-refractivity contribution in [1.29, 1.82) is 0 Å². The maximum atomic E-state index is 13.1. The molecule has 132 valence electrons. The highest BCUT2D eigenvalue weighted by Crippen LogP contribution is 2.31. The third kappa shape index (κ3) is 3.37. The molecular weight excluding hydrogens is 336 g/mol. The van der Waals surface area contributed by atoms with Crippen molar-refractivity contribution < 1.29 is 9.59 Å². The van der Waals surface area contributed by atoms with Crippen LogP contribution in [0.25, 0.3) is 5.57 Å². The van der Waals surface area contributed by atoms with E-state index in [4.69, 9.17) is 0 Å². The number of anilines is 1. The summed E-state index contributed by atoms with van der Waals surface area (Å²) in [6.45, 7) is 0.245. The van der Waals surface area contributed by atoms with Crippen molar-refractivity contribution in [2.24, 2.45) is 0 Å². The highest BCUT2D eigenvalue weighted by molar-refractivity contribution is 6.36. The smallest absolute Gasteiger partial charge is 0.278 e. The van der Waals surface area contributed by atoms with Crippen LogP contribution >= 0.6 is 0 Å². The fraction of sp³-hybridized carbons (Fsp3) is 0.0435. The average molecular weight is 354 g/mol. The molecule has 4 heteroatoms. The van der Waals surface area contributed by atoms with Crippen LogP contribution in [0.15, 0.2) is 96.7 Å². The van der Waals surface area contributed by atoms with Crippen molar-refractivity contribution >= 4 is 23.1 Å². The third-order valence-electron chi connectivity index (χ3n) is 4.46. The predicted octanol–water partition coefficient (Wildman–Crippen LogP) is 4.08. The summed E-state index contributed by atoms with van der Waals surface area (Å²) in [7, 11) is 0. The van der Waals surface area contributed by atoms with E-state index in [0.29, 0.717) is 11.3 Å². The molecule has 0 aliphatic carbocycles. The van der Waals surface area contributed by atoms with Crippen molar-refractivity contribution in [3.05, 3.63) is 108 Å². The summed E-state index contributed by atoms with van der Waals surface area (Å²) in [5.74, 6) is -0.597. The predicted molar refractivity (Wildman–Crippen MR) is 105 cm³/mol. The van der Waals surface area contributed by atoms with Crippen molar-refractivity contribution in [3.8, 4) is 0 Å². The molecule has 3 aromatic rings. The number of nitrogens with zero attached hydrogens (tertiary/aromatic N) is 1. The molecule has 1 aliphatic heterocycles. The summed E-state index contributed by atoms with van der Waals surface area (Å²) in [4.78, 5) is 27.5. The Balaban J connectivity index is 1.73. The van der Waals surface area contributed by atoms with Crippen LogP contribution in [0.5, 0.6) is 0 Å². The lowest BCUT2D eigenvalue weighted by Gasteiger charge is -2.15. The molecule has 0 bridgehead atoms. The fourth-order valence-corrected chi connectivity index (χ4v) is 3.14. The Morgan fingerprint density at radius 1 is 0.667 bits per heavy atom. The number of nitrogens with one attached hydrogen (secondary N) is 1. The topological polar surface area (TPSA) is 49.4 Å². The molecule has 1 N–H and O–H groups in total. The highest BCUT2D eigenvalue weighted by atomic mass is 16.2. The summed E-state index contributed by atoms with van der Waals surface area (Å²) in [5.41, 5.74) is 3.12. The minimum absolute atomic E-state index is 0.245. The number of amides is 2. The summed E-state index contributed by atoms with van der Waals surface area (Å²) in [5, 5.41) is 3.15. The second kappa shape index (κ2) is 7.30. The van der Waals surface area contributed by atoms with Gasteiger partial charge in [-0.05, 0) is 23.3 Å². The van der Waals surface area contributed by atoms with Gasteiger partial charge in [0.15, 0.2) is 0 Å². The second-order valence-electron chi connectivity index (χ2n) is 6.29. The molecule has 0 saturated carbocycles. The highest BCUT2D eigenvalue weighted by Gasteiger charge is 2.39. The van der Waals surface area contributed by atoms with E-state index in [1.54, 1.807) is 0 Å². The van der Waals surface area contributed by atoms with Gasteiger partial charge in [0.2, 0.25) is 0 Å². The van der Waals surface area contributed by atoms with E-state index in [2.05, 4.69) is 5.32 Å². The van der Waals surface area contributed by atoms with Gasteiger partial charge in [0, 0.05) is 5.69 Å². The lowest BCUT2D eigenvalue weighted by atomic mass is 10.0. The molecule has 27 heavy (non-hydrogen) atoms. The maximum absolute atomic E-state index is 13.1. The molecule has 0 saturated heterocycles. The minimum Gasteiger partial charge on any atom is -0.350 e. The van der Waals surface area contributed by atoms with Gasteiger partial charge in [-0.2, -0.15) is 0 Å². The second-order valence-corrected chi connectivity index (χ2v) is 6.29. The maximum Gasteiger partial charge on any atom is 0.278 e. The van der Waals surface area contributed by atoms with Crippen molar-refractivity contribution in [3.63, 3.8) is 0 Å². The van der Waals surface area contributed by atoms with E-state index >= 15 is 0 Å². The molecule has 2 amide bonds. The number of carbonyl (C=O) groups excluding carboxylic acids is 2. The molecule has 3 aromatic carbocycles. The zero-order valence-electron chi connectivity index (χ0n) is 14.6. The van der Waals surface area contributed by atoms with Crippen LogP contribution in [0.3, 0.4) is 0 Å². The molecule has 4 rings (SSSR count). The van der Waals surface area contributed by atoms with Gasteiger partial charge in [-0.25, -0.2) is 0 Å². The van der Waals surface area contributed by atoms with Gasteiger partial charge in [-0.15, -0.1) is 0 Å². The number of rotatable bonds is 5. The Kier molecular flexibility index (Phi) is 4.54. The number of hydrogen-bond acceptors (Lipinski definition) is 3. The number of carbonyl (C=O) groups is 2. The minimum atomic E-state index is -0.313. The van der Waals surface area contributed by atoms with E-state index in [-0.39, 0.29) is 18.4 Å². The molecule has 0 spiro atoms. The van der Waals surface area contributed by atoms with E-state index in [1.165, 1.54) is 4.90 Å². The fourth-order valence-electron chi connectivity index (χ4n) is 3.14. The van der Waals surface area contributed by atoms with Crippen LogP contribution in [0.1, 0.15) is 11.1 Å². The first-order valence-electron chi connectivity index (χ1n) is 8.76. The monoisotopic (exact) mass is 354 g/mol. The number of para-hydroxylation sites is 1. The third-order valence-corrected chi connectivity index (χ3v) is 4.46. The Morgan fingerprint density at radius 2 is 1.22 bits per heavy atom. The normalized spacial score (nSPS) is 14.0. The van der Waals surface area contributed by atoms with E-state index in [1.807, 2.05) is 91.0 Å². The molecule has 0 atom stereocenters. The van der Waals surface area contributed by atoms with Crippen molar-refractivity contribution in [2.45, 2.75) is 6.54 Å². The SMILES string of the molecule is O=C1C(Nc2ccccc2)=C(c2ccccc2)C(=O)N1Cc1ccccc1. The van der Waals surface area contributed by atoms with Gasteiger partial charge in [0.25, 0.3) is 11.8 Å². The number of imide groups is 1. The number of benzene rings is 3. The largest absolute Gasteiger partial charge is 0.350 e. The molecule has 1 heterocycles. The van der Waals surface area contributed by atoms with Gasteiger partial charge in [0.1, 0.15) is 5.70 Å². The molecule has 0 aromatic heterocycles. The number of hydrogen-bond donors (Lipinski definition) is 1. The zero-order valence-corrected chi connectivity index (χ0v) is 14.6. The molecule has 0 radical (unpaired) electrons. The lowest BCUT2D eigenvalue weighted by molar-refractivity contribution is -0.137. The van der Waals surface area contributed by atoms with Crippen LogP contribution in [0.4, 0.5) is 5.69 Å². The van der Waals surface area contributed by atoms with Gasteiger partial charge in [-0.3, -0.25) is 14.5 Å². The first kappa shape index (κ1) is 16.8. The van der Waals surface area contributed by atoms with E-state index < -0.39 is 0 Å². The van der Waals surface area contributed by atoms with E-state index in [9.17, 15) is 9.59 Å². The Morgan fingerprint density at radius 3 is 1.85 bits per heavy atom. The summed E-state index contributed by atoms with van der Waals surface area (Å²) in [6.07, 6.45) is 0. The Labute approximate surface area is 157 Å². The molecule has 0 unspecified atom stereocenters. The van der Waals surface area contributed by atoms with E-state index in [0.717, 1.165) is 16.8 Å². The Hall–Kier alpha value is -3.66. The lowest BCUT2D eigenvalue weighted by Crippen LogP contribution is -2.31. The summed E-state index contributed by atoms with van der Waals surface area (Å²) in [6, 6.07) is 28.2. The molecule has 4 nitrogen and oxygen atoms in total. The van der Waals surface area contributed by atoms with Crippen LogP contribution in [0.2, 0.25) is 0 Å². The first-order valence-corrected chi connectivity index (χ1v) is 8.76. The van der Waals surface area contributed by atoms with Crippen molar-refractivity contribution in [2.75, 3.05) is 5.32 Å². The standard InChI is InChI=1S/C23H18N2O2/c26-22-20(18-12-6-2-7-13-18)21(24-19-14-8-3-9-15-19)23(27)25(22)16-17-10-4-1-5-11-17/h1-15,24H,16H2. The first-order chi connectivity index (χ1) is 13.2. The van der Waals surface area contributed by atoms with Crippen LogP contribution in [0, 0.1) is 0 Å². The van der Waals surface area contributed by atoms with Crippen LogP contribution in [-0.4, -0.2) is 16.7 Å². The molecular formula is C23H18N2O2. The van der Waals surface area contributed by atoms with Gasteiger partial charge < -0.3 is 5.32 Å².